The van der Waals surface area contributed by atoms with Gasteiger partial charge in [-0.05, 0) is 30.4 Å². The summed E-state index contributed by atoms with van der Waals surface area (Å²) < 4.78 is 0. The van der Waals surface area contributed by atoms with E-state index in [1.807, 2.05) is 25.6 Å². The third kappa shape index (κ3) is 6.27. The molecule has 0 aliphatic carbocycles. The Morgan fingerprint density at radius 3 is 2.57 bits per heavy atom. The molecule has 3 nitrogen and oxygen atoms in total. The van der Waals surface area contributed by atoms with Crippen molar-refractivity contribution in [2.24, 2.45) is 11.7 Å². The SMILES string of the molecule is CCSCCCNC(C(N)=O)C(C)C. The average molecular weight is 218 g/mol. The second-order valence-corrected chi connectivity index (χ2v) is 5.02. The number of hydrogen-bond donors (Lipinski definition) is 2. The Bertz CT molecular complexity index is 162. The van der Waals surface area contributed by atoms with Gasteiger partial charge in [-0.3, -0.25) is 4.79 Å². The third-order valence-electron chi connectivity index (χ3n) is 2.01. The second-order valence-electron chi connectivity index (χ2n) is 3.63. The number of thioether (sulfide) groups is 1. The van der Waals surface area contributed by atoms with Gasteiger partial charge in [0.05, 0.1) is 6.04 Å². The van der Waals surface area contributed by atoms with Crippen LogP contribution in [0.3, 0.4) is 0 Å². The molecule has 0 heterocycles. The molecule has 0 saturated carbocycles. The first kappa shape index (κ1) is 13.8. The number of carbonyl (C=O) groups is 1. The van der Waals surface area contributed by atoms with Crippen LogP contribution in [0.4, 0.5) is 0 Å². The second kappa shape index (κ2) is 8.12. The Labute approximate surface area is 91.2 Å². The third-order valence-corrected chi connectivity index (χ3v) is 2.99. The maximum Gasteiger partial charge on any atom is 0.234 e. The van der Waals surface area contributed by atoms with E-state index in [1.165, 1.54) is 0 Å². The zero-order valence-electron chi connectivity index (χ0n) is 9.38. The molecule has 0 rings (SSSR count). The standard InChI is InChI=1S/C10H22N2OS/c1-4-14-7-5-6-12-9(8(2)3)10(11)13/h8-9,12H,4-7H2,1-3H3,(H2,11,13). The lowest BCUT2D eigenvalue weighted by Gasteiger charge is -2.18. The number of amides is 1. The van der Waals surface area contributed by atoms with Crippen molar-refractivity contribution >= 4 is 17.7 Å². The molecule has 0 saturated heterocycles. The van der Waals surface area contributed by atoms with Gasteiger partial charge in [0.2, 0.25) is 5.91 Å². The van der Waals surface area contributed by atoms with Crippen LogP contribution in [0.2, 0.25) is 0 Å². The van der Waals surface area contributed by atoms with Crippen LogP contribution < -0.4 is 11.1 Å². The summed E-state index contributed by atoms with van der Waals surface area (Å²) in [5.41, 5.74) is 5.27. The summed E-state index contributed by atoms with van der Waals surface area (Å²) in [6.45, 7) is 7.03. The summed E-state index contributed by atoms with van der Waals surface area (Å²) in [6.07, 6.45) is 1.09. The summed E-state index contributed by atoms with van der Waals surface area (Å²) in [7, 11) is 0. The van der Waals surface area contributed by atoms with Gasteiger partial charge < -0.3 is 11.1 Å². The van der Waals surface area contributed by atoms with E-state index in [0.29, 0.717) is 0 Å². The molecule has 3 N–H and O–H groups in total. The molecule has 0 radical (unpaired) electrons. The number of carbonyl (C=O) groups excluding carboxylic acids is 1. The van der Waals surface area contributed by atoms with Crippen LogP contribution in [-0.4, -0.2) is 30.0 Å². The molecular weight excluding hydrogens is 196 g/mol. The highest BCUT2D eigenvalue weighted by Crippen LogP contribution is 2.03. The highest BCUT2D eigenvalue weighted by atomic mass is 32.2. The molecule has 14 heavy (non-hydrogen) atoms. The average Bonchev–Trinajstić information content (AvgIpc) is 2.09. The highest BCUT2D eigenvalue weighted by molar-refractivity contribution is 7.99. The van der Waals surface area contributed by atoms with Gasteiger partial charge >= 0.3 is 0 Å². The molecule has 0 spiro atoms. The van der Waals surface area contributed by atoms with Crippen LogP contribution in [0.1, 0.15) is 27.2 Å². The van der Waals surface area contributed by atoms with Gasteiger partial charge in [-0.15, -0.1) is 0 Å². The van der Waals surface area contributed by atoms with E-state index in [-0.39, 0.29) is 17.9 Å². The lowest BCUT2D eigenvalue weighted by atomic mass is 10.0. The minimum Gasteiger partial charge on any atom is -0.368 e. The number of hydrogen-bond acceptors (Lipinski definition) is 3. The van der Waals surface area contributed by atoms with Crippen molar-refractivity contribution in [2.45, 2.75) is 33.2 Å². The minimum absolute atomic E-state index is 0.179. The number of nitrogens with two attached hydrogens (primary N) is 1. The van der Waals surface area contributed by atoms with E-state index < -0.39 is 0 Å². The van der Waals surface area contributed by atoms with Gasteiger partial charge in [0, 0.05) is 0 Å². The highest BCUT2D eigenvalue weighted by Gasteiger charge is 2.17. The van der Waals surface area contributed by atoms with Gasteiger partial charge in [-0.1, -0.05) is 20.8 Å². The summed E-state index contributed by atoms with van der Waals surface area (Å²) in [4.78, 5) is 11.0. The van der Waals surface area contributed by atoms with E-state index in [4.69, 9.17) is 5.73 Å². The molecule has 1 amide bonds. The monoisotopic (exact) mass is 218 g/mol. The van der Waals surface area contributed by atoms with Crippen LogP contribution in [0.25, 0.3) is 0 Å². The molecule has 4 heteroatoms. The molecule has 1 atom stereocenters. The maximum atomic E-state index is 11.0. The van der Waals surface area contributed by atoms with Crippen molar-refractivity contribution in [3.05, 3.63) is 0 Å². The van der Waals surface area contributed by atoms with Crippen molar-refractivity contribution in [3.63, 3.8) is 0 Å². The largest absolute Gasteiger partial charge is 0.368 e. The predicted molar refractivity (Wildman–Crippen MR) is 63.4 cm³/mol. The Hall–Kier alpha value is -0.220. The quantitative estimate of drug-likeness (QED) is 0.603. The minimum atomic E-state index is -0.247. The smallest absolute Gasteiger partial charge is 0.234 e. The number of primary amides is 1. The molecule has 0 aromatic rings. The summed E-state index contributed by atoms with van der Waals surface area (Å²) in [6, 6.07) is -0.179. The van der Waals surface area contributed by atoms with E-state index in [0.717, 1.165) is 24.5 Å². The molecule has 0 aliphatic heterocycles. The first-order chi connectivity index (χ1) is 6.59. The molecule has 1 unspecified atom stereocenters. The fraction of sp³-hybridized carbons (Fsp3) is 0.900. The van der Waals surface area contributed by atoms with Crippen LogP contribution >= 0.6 is 11.8 Å². The Balaban J connectivity index is 3.57. The zero-order chi connectivity index (χ0) is 11.0. The Morgan fingerprint density at radius 2 is 2.14 bits per heavy atom. The van der Waals surface area contributed by atoms with Crippen LogP contribution in [0.5, 0.6) is 0 Å². The Morgan fingerprint density at radius 1 is 1.50 bits per heavy atom. The summed E-state index contributed by atoms with van der Waals surface area (Å²) in [5.74, 6) is 2.32. The normalized spacial score (nSPS) is 13.1. The molecule has 0 fully saturated rings. The first-order valence-electron chi connectivity index (χ1n) is 5.20. The van der Waals surface area contributed by atoms with Crippen LogP contribution in [0.15, 0.2) is 0 Å². The number of nitrogens with one attached hydrogen (secondary N) is 1. The number of rotatable bonds is 8. The fourth-order valence-electron chi connectivity index (χ4n) is 1.24. The van der Waals surface area contributed by atoms with Gasteiger partial charge in [0.15, 0.2) is 0 Å². The maximum absolute atomic E-state index is 11.0. The van der Waals surface area contributed by atoms with E-state index in [2.05, 4.69) is 12.2 Å². The lowest BCUT2D eigenvalue weighted by Crippen LogP contribution is -2.45. The van der Waals surface area contributed by atoms with Gasteiger partial charge in [0.25, 0.3) is 0 Å². The fourth-order valence-corrected chi connectivity index (χ4v) is 1.88. The molecule has 84 valence electrons. The van der Waals surface area contributed by atoms with Crippen LogP contribution in [-0.2, 0) is 4.79 Å². The van der Waals surface area contributed by atoms with Crippen molar-refractivity contribution in [1.29, 1.82) is 0 Å². The molecule has 0 aromatic carbocycles. The Kier molecular flexibility index (Phi) is 7.99. The lowest BCUT2D eigenvalue weighted by molar-refractivity contribution is -0.120. The van der Waals surface area contributed by atoms with Gasteiger partial charge in [-0.2, -0.15) is 11.8 Å². The molecule has 0 bridgehead atoms. The van der Waals surface area contributed by atoms with Crippen molar-refractivity contribution in [3.8, 4) is 0 Å². The van der Waals surface area contributed by atoms with Crippen molar-refractivity contribution < 1.29 is 4.79 Å². The molecule has 0 aliphatic rings. The van der Waals surface area contributed by atoms with Crippen molar-refractivity contribution in [2.75, 3.05) is 18.1 Å². The van der Waals surface area contributed by atoms with E-state index in [9.17, 15) is 4.79 Å². The molecule has 0 aromatic heterocycles. The zero-order valence-corrected chi connectivity index (χ0v) is 10.2. The van der Waals surface area contributed by atoms with E-state index >= 15 is 0 Å². The summed E-state index contributed by atoms with van der Waals surface area (Å²) in [5, 5.41) is 3.19. The topological polar surface area (TPSA) is 55.1 Å². The van der Waals surface area contributed by atoms with Crippen molar-refractivity contribution in [1.82, 2.24) is 5.32 Å². The van der Waals surface area contributed by atoms with Crippen LogP contribution in [0, 0.1) is 5.92 Å². The van der Waals surface area contributed by atoms with Gasteiger partial charge in [-0.25, -0.2) is 0 Å². The predicted octanol–water partition coefficient (Wildman–Crippen LogP) is 1.23. The van der Waals surface area contributed by atoms with E-state index in [1.54, 1.807) is 0 Å². The first-order valence-corrected chi connectivity index (χ1v) is 6.35. The summed E-state index contributed by atoms with van der Waals surface area (Å²) >= 11 is 1.92. The van der Waals surface area contributed by atoms with Gasteiger partial charge in [0.1, 0.15) is 0 Å². The molecular formula is C10H22N2OS.